The third-order valence-electron chi connectivity index (χ3n) is 2.58. The Morgan fingerprint density at radius 2 is 1.87 bits per heavy atom. The molecular weight excluding hydrogens is 186 g/mol. The molecule has 1 N–H and O–H groups in total. The molecule has 0 saturated carbocycles. The van der Waals surface area contributed by atoms with E-state index >= 15 is 0 Å². The van der Waals surface area contributed by atoms with Crippen molar-refractivity contribution in [1.82, 2.24) is 4.90 Å². The summed E-state index contributed by atoms with van der Waals surface area (Å²) in [6, 6.07) is 4.10. The van der Waals surface area contributed by atoms with Crippen LogP contribution in [-0.4, -0.2) is 30.6 Å². The fourth-order valence-electron chi connectivity index (χ4n) is 1.82. The first-order valence-corrected chi connectivity index (χ1v) is 5.44. The number of rotatable bonds is 4. The summed E-state index contributed by atoms with van der Waals surface area (Å²) in [5.74, 6) is 0.472. The van der Waals surface area contributed by atoms with Crippen molar-refractivity contribution in [3.8, 4) is 5.75 Å². The highest BCUT2D eigenvalue weighted by atomic mass is 16.3. The largest absolute Gasteiger partial charge is 0.507 e. The average molecular weight is 207 g/mol. The van der Waals surface area contributed by atoms with Gasteiger partial charge in [0.2, 0.25) is 0 Å². The third-order valence-corrected chi connectivity index (χ3v) is 2.58. The van der Waals surface area contributed by atoms with E-state index in [9.17, 15) is 5.11 Å². The Labute approximate surface area is 92.5 Å². The van der Waals surface area contributed by atoms with Crippen LogP contribution in [0.3, 0.4) is 0 Å². The molecule has 15 heavy (non-hydrogen) atoms. The van der Waals surface area contributed by atoms with Gasteiger partial charge in [-0.3, -0.25) is 0 Å². The lowest BCUT2D eigenvalue weighted by Crippen LogP contribution is -2.13. The minimum Gasteiger partial charge on any atom is -0.507 e. The minimum atomic E-state index is 0.472. The number of aryl methyl sites for hydroxylation is 3. The number of phenols is 1. The van der Waals surface area contributed by atoms with Crippen molar-refractivity contribution in [2.45, 2.75) is 26.7 Å². The lowest BCUT2D eigenvalue weighted by molar-refractivity contribution is 0.397. The van der Waals surface area contributed by atoms with Gasteiger partial charge in [0, 0.05) is 0 Å². The summed E-state index contributed by atoms with van der Waals surface area (Å²) >= 11 is 0. The number of nitrogens with zero attached hydrogens (tertiary/aromatic N) is 1. The SMILES string of the molecule is Cc1cc(C)c(O)c(CCCN(C)C)c1. The van der Waals surface area contributed by atoms with E-state index < -0.39 is 0 Å². The maximum absolute atomic E-state index is 9.87. The first-order valence-electron chi connectivity index (χ1n) is 5.44. The number of benzene rings is 1. The molecule has 0 fully saturated rings. The van der Waals surface area contributed by atoms with Gasteiger partial charge in [-0.05, 0) is 58.5 Å². The summed E-state index contributed by atoms with van der Waals surface area (Å²) in [5, 5.41) is 9.87. The van der Waals surface area contributed by atoms with Gasteiger partial charge in [-0.2, -0.15) is 0 Å². The molecule has 1 aromatic carbocycles. The molecule has 2 heteroatoms. The van der Waals surface area contributed by atoms with E-state index in [1.807, 2.05) is 13.0 Å². The lowest BCUT2D eigenvalue weighted by Gasteiger charge is -2.11. The fourth-order valence-corrected chi connectivity index (χ4v) is 1.82. The molecule has 84 valence electrons. The Morgan fingerprint density at radius 3 is 2.47 bits per heavy atom. The van der Waals surface area contributed by atoms with E-state index in [0.717, 1.165) is 30.5 Å². The Morgan fingerprint density at radius 1 is 1.20 bits per heavy atom. The average Bonchev–Trinajstić information content (AvgIpc) is 2.12. The highest BCUT2D eigenvalue weighted by Gasteiger charge is 2.05. The van der Waals surface area contributed by atoms with Gasteiger partial charge in [-0.1, -0.05) is 17.7 Å². The van der Waals surface area contributed by atoms with Crippen molar-refractivity contribution in [3.63, 3.8) is 0 Å². The zero-order chi connectivity index (χ0) is 11.4. The molecule has 0 aromatic heterocycles. The first-order chi connectivity index (χ1) is 7.00. The van der Waals surface area contributed by atoms with E-state index in [-0.39, 0.29) is 0 Å². The Kier molecular flexibility index (Phi) is 4.15. The summed E-state index contributed by atoms with van der Waals surface area (Å²) < 4.78 is 0. The number of hydrogen-bond donors (Lipinski definition) is 1. The zero-order valence-electron chi connectivity index (χ0n) is 10.2. The minimum absolute atomic E-state index is 0.472. The Hall–Kier alpha value is -1.02. The molecule has 0 amide bonds. The van der Waals surface area contributed by atoms with Crippen LogP contribution in [0.4, 0.5) is 0 Å². The molecule has 0 aliphatic heterocycles. The van der Waals surface area contributed by atoms with E-state index in [2.05, 4.69) is 32.0 Å². The van der Waals surface area contributed by atoms with E-state index in [1.54, 1.807) is 0 Å². The van der Waals surface area contributed by atoms with Gasteiger partial charge < -0.3 is 10.0 Å². The summed E-state index contributed by atoms with van der Waals surface area (Å²) in [7, 11) is 4.14. The molecule has 0 unspecified atom stereocenters. The van der Waals surface area contributed by atoms with Gasteiger partial charge in [-0.15, -0.1) is 0 Å². The van der Waals surface area contributed by atoms with E-state index in [4.69, 9.17) is 0 Å². The second-order valence-corrected chi connectivity index (χ2v) is 4.50. The smallest absolute Gasteiger partial charge is 0.121 e. The molecule has 0 bridgehead atoms. The summed E-state index contributed by atoms with van der Waals surface area (Å²) in [4.78, 5) is 2.17. The van der Waals surface area contributed by atoms with Crippen molar-refractivity contribution in [2.75, 3.05) is 20.6 Å². The summed E-state index contributed by atoms with van der Waals surface area (Å²) in [6.07, 6.45) is 2.04. The van der Waals surface area contributed by atoms with Crippen LogP contribution in [0.2, 0.25) is 0 Å². The lowest BCUT2D eigenvalue weighted by atomic mass is 10.0. The van der Waals surface area contributed by atoms with E-state index in [1.165, 1.54) is 5.56 Å². The molecule has 0 radical (unpaired) electrons. The van der Waals surface area contributed by atoms with Gasteiger partial charge in [-0.25, -0.2) is 0 Å². The predicted octanol–water partition coefficient (Wildman–Crippen LogP) is 2.50. The summed E-state index contributed by atoms with van der Waals surface area (Å²) in [6.45, 7) is 5.09. The number of aromatic hydroxyl groups is 1. The van der Waals surface area contributed by atoms with E-state index in [0.29, 0.717) is 5.75 Å². The molecule has 0 aliphatic rings. The first kappa shape index (κ1) is 12.1. The highest BCUT2D eigenvalue weighted by Crippen LogP contribution is 2.24. The monoisotopic (exact) mass is 207 g/mol. The molecule has 0 saturated heterocycles. The zero-order valence-corrected chi connectivity index (χ0v) is 10.2. The molecule has 1 rings (SSSR count). The third kappa shape index (κ3) is 3.56. The van der Waals surface area contributed by atoms with Gasteiger partial charge >= 0.3 is 0 Å². The quantitative estimate of drug-likeness (QED) is 0.820. The maximum atomic E-state index is 9.87. The van der Waals surface area contributed by atoms with Crippen LogP contribution in [0.25, 0.3) is 0 Å². The van der Waals surface area contributed by atoms with Gasteiger partial charge in [0.1, 0.15) is 5.75 Å². The number of hydrogen-bond acceptors (Lipinski definition) is 2. The van der Waals surface area contributed by atoms with Crippen LogP contribution in [0, 0.1) is 13.8 Å². The summed E-state index contributed by atoms with van der Waals surface area (Å²) in [5.41, 5.74) is 3.29. The second-order valence-electron chi connectivity index (χ2n) is 4.50. The second kappa shape index (κ2) is 5.17. The van der Waals surface area contributed by atoms with Crippen molar-refractivity contribution in [3.05, 3.63) is 28.8 Å². The highest BCUT2D eigenvalue weighted by molar-refractivity contribution is 5.42. The molecule has 0 atom stereocenters. The predicted molar refractivity (Wildman–Crippen MR) is 64.5 cm³/mol. The molecule has 0 aliphatic carbocycles. The van der Waals surface area contributed by atoms with Crippen molar-refractivity contribution in [1.29, 1.82) is 0 Å². The number of phenolic OH excluding ortho intramolecular Hbond substituents is 1. The Bertz CT molecular complexity index is 332. The van der Waals surface area contributed by atoms with Crippen LogP contribution in [0.1, 0.15) is 23.1 Å². The van der Waals surface area contributed by atoms with Gasteiger partial charge in [0.25, 0.3) is 0 Å². The molecule has 2 nitrogen and oxygen atoms in total. The van der Waals surface area contributed by atoms with Crippen molar-refractivity contribution >= 4 is 0 Å². The van der Waals surface area contributed by atoms with Crippen LogP contribution >= 0.6 is 0 Å². The van der Waals surface area contributed by atoms with Gasteiger partial charge in [0.15, 0.2) is 0 Å². The fraction of sp³-hybridized carbons (Fsp3) is 0.538. The van der Waals surface area contributed by atoms with Crippen LogP contribution in [-0.2, 0) is 6.42 Å². The normalized spacial score (nSPS) is 11.0. The molecule has 0 heterocycles. The molecule has 0 spiro atoms. The van der Waals surface area contributed by atoms with Crippen molar-refractivity contribution < 1.29 is 5.11 Å². The maximum Gasteiger partial charge on any atom is 0.121 e. The van der Waals surface area contributed by atoms with Gasteiger partial charge in [0.05, 0.1) is 0 Å². The molecule has 1 aromatic rings. The topological polar surface area (TPSA) is 23.5 Å². The van der Waals surface area contributed by atoms with Crippen LogP contribution < -0.4 is 0 Å². The van der Waals surface area contributed by atoms with Crippen LogP contribution in [0.5, 0.6) is 5.75 Å². The van der Waals surface area contributed by atoms with Crippen molar-refractivity contribution in [2.24, 2.45) is 0 Å². The Balaban J connectivity index is 2.68. The van der Waals surface area contributed by atoms with Crippen LogP contribution in [0.15, 0.2) is 12.1 Å². The standard InChI is InChI=1S/C13H21NO/c1-10-8-11(2)13(15)12(9-10)6-5-7-14(3)4/h8-9,15H,5-7H2,1-4H3. The molecular formula is C13H21NO.